The molecule has 0 radical (unpaired) electrons. The maximum atomic E-state index is 11.9. The summed E-state index contributed by atoms with van der Waals surface area (Å²) in [5, 5.41) is 19.6. The molecule has 1 fully saturated rings. The van der Waals surface area contributed by atoms with Gasteiger partial charge in [-0.25, -0.2) is 0 Å². The van der Waals surface area contributed by atoms with Gasteiger partial charge in [0, 0.05) is 26.9 Å². The van der Waals surface area contributed by atoms with Gasteiger partial charge in [-0.05, 0) is 61.6 Å². The molecule has 1 aliphatic rings. The molecule has 32 heavy (non-hydrogen) atoms. The van der Waals surface area contributed by atoms with Crippen molar-refractivity contribution in [3.05, 3.63) is 23.8 Å². The maximum Gasteiger partial charge on any atom is 0.302 e. The average Bonchev–Trinajstić information content (AvgIpc) is 2.72. The van der Waals surface area contributed by atoms with Crippen LogP contribution in [-0.4, -0.2) is 48.1 Å². The Morgan fingerprint density at radius 3 is 2.47 bits per heavy atom. The second-order valence-electron chi connectivity index (χ2n) is 8.84. The Morgan fingerprint density at radius 2 is 1.81 bits per heavy atom. The lowest BCUT2D eigenvalue weighted by Crippen LogP contribution is -2.34. The molecule has 0 bridgehead atoms. The molecule has 1 aromatic rings. The van der Waals surface area contributed by atoms with Crippen LogP contribution in [0.2, 0.25) is 0 Å². The first-order valence-electron chi connectivity index (χ1n) is 11.6. The van der Waals surface area contributed by atoms with Gasteiger partial charge >= 0.3 is 11.9 Å². The third-order valence-corrected chi connectivity index (χ3v) is 6.25. The molecule has 7 nitrogen and oxygen atoms in total. The van der Waals surface area contributed by atoms with Crippen molar-refractivity contribution in [3.63, 3.8) is 0 Å². The van der Waals surface area contributed by atoms with E-state index in [-0.39, 0.29) is 42.2 Å². The van der Waals surface area contributed by atoms with Gasteiger partial charge in [0.25, 0.3) is 0 Å². The molecule has 0 heterocycles. The lowest BCUT2D eigenvalue weighted by Gasteiger charge is -2.33. The van der Waals surface area contributed by atoms with E-state index in [2.05, 4.69) is 0 Å². The Labute approximate surface area is 191 Å². The van der Waals surface area contributed by atoms with Crippen LogP contribution in [-0.2, 0) is 25.5 Å². The van der Waals surface area contributed by atoms with Gasteiger partial charge in [0.2, 0.25) is 0 Å². The first-order chi connectivity index (χ1) is 15.3. The van der Waals surface area contributed by atoms with Gasteiger partial charge in [-0.1, -0.05) is 25.3 Å². The highest BCUT2D eigenvalue weighted by Crippen LogP contribution is 2.33. The number of ether oxygens (including phenoxy) is 3. The lowest BCUT2D eigenvalue weighted by molar-refractivity contribution is -0.156. The highest BCUT2D eigenvalue weighted by molar-refractivity contribution is 5.66. The largest absolute Gasteiger partial charge is 0.504 e. The Kier molecular flexibility index (Phi) is 10.8. The van der Waals surface area contributed by atoms with Crippen molar-refractivity contribution < 1.29 is 34.0 Å². The monoisotopic (exact) mass is 450 g/mol. The Morgan fingerprint density at radius 1 is 1.09 bits per heavy atom. The van der Waals surface area contributed by atoms with Crippen LogP contribution in [0.5, 0.6) is 11.5 Å². The zero-order valence-electron chi connectivity index (χ0n) is 19.5. The number of aromatic hydroxyl groups is 1. The number of aliphatic hydroxyl groups is 1. The molecule has 0 amide bonds. The molecule has 2 rings (SSSR count). The van der Waals surface area contributed by atoms with E-state index in [0.29, 0.717) is 25.0 Å². The third kappa shape index (κ3) is 8.69. The van der Waals surface area contributed by atoms with E-state index in [1.165, 1.54) is 21.0 Å². The number of aryl methyl sites for hydroxylation is 1. The number of hydrogen-bond acceptors (Lipinski definition) is 7. The van der Waals surface area contributed by atoms with Gasteiger partial charge in [-0.2, -0.15) is 0 Å². The summed E-state index contributed by atoms with van der Waals surface area (Å²) in [6.45, 7) is 2.93. The third-order valence-electron chi connectivity index (χ3n) is 6.25. The average molecular weight is 451 g/mol. The van der Waals surface area contributed by atoms with Crippen LogP contribution < -0.4 is 4.74 Å². The standard InChI is InChI=1S/C25H38O7/c1-17(27)31-22(11-9-19-10-12-23(29)25(14-19)30-3)15-24(32-18(2)28)21-8-6-4-5-7-20(13-21)16-26/h10,12,14,20-22,24,26,29H,4-9,11,13,15-16H2,1-3H3. The number of esters is 2. The molecule has 1 aromatic carbocycles. The van der Waals surface area contributed by atoms with E-state index in [0.717, 1.165) is 44.1 Å². The first kappa shape index (κ1) is 26.0. The Hall–Kier alpha value is -2.28. The van der Waals surface area contributed by atoms with E-state index in [1.807, 2.05) is 6.07 Å². The summed E-state index contributed by atoms with van der Waals surface area (Å²) in [4.78, 5) is 23.6. The fourth-order valence-corrected chi connectivity index (χ4v) is 4.66. The first-order valence-corrected chi connectivity index (χ1v) is 11.6. The minimum Gasteiger partial charge on any atom is -0.504 e. The molecule has 0 aromatic heterocycles. The summed E-state index contributed by atoms with van der Waals surface area (Å²) in [5.41, 5.74) is 0.951. The van der Waals surface area contributed by atoms with Gasteiger partial charge in [0.1, 0.15) is 12.2 Å². The second-order valence-corrected chi connectivity index (χ2v) is 8.84. The molecule has 4 unspecified atom stereocenters. The zero-order valence-corrected chi connectivity index (χ0v) is 19.5. The number of aliphatic hydroxyl groups excluding tert-OH is 1. The van der Waals surface area contributed by atoms with Crippen LogP contribution in [0.3, 0.4) is 0 Å². The van der Waals surface area contributed by atoms with Crippen molar-refractivity contribution in [2.45, 2.75) is 83.8 Å². The van der Waals surface area contributed by atoms with Crippen molar-refractivity contribution >= 4 is 11.9 Å². The SMILES string of the molecule is COc1cc(CCC(CC(OC(C)=O)C2CCCCCC(CO)C2)OC(C)=O)ccc1O. The molecule has 2 N–H and O–H groups in total. The van der Waals surface area contributed by atoms with Gasteiger partial charge in [0.05, 0.1) is 7.11 Å². The molecule has 0 saturated heterocycles. The number of phenolic OH excluding ortho intramolecular Hbond substituents is 1. The fourth-order valence-electron chi connectivity index (χ4n) is 4.66. The fraction of sp³-hybridized carbons (Fsp3) is 0.680. The number of phenols is 1. The van der Waals surface area contributed by atoms with Crippen LogP contribution >= 0.6 is 0 Å². The normalized spacial score (nSPS) is 21.0. The molecule has 7 heteroatoms. The van der Waals surface area contributed by atoms with Gasteiger partial charge in [0.15, 0.2) is 11.5 Å². The topological polar surface area (TPSA) is 102 Å². The summed E-state index contributed by atoms with van der Waals surface area (Å²) in [6, 6.07) is 5.16. The molecule has 180 valence electrons. The van der Waals surface area contributed by atoms with Gasteiger partial charge < -0.3 is 24.4 Å². The molecular weight excluding hydrogens is 412 g/mol. The van der Waals surface area contributed by atoms with Crippen molar-refractivity contribution in [3.8, 4) is 11.5 Å². The van der Waals surface area contributed by atoms with E-state index >= 15 is 0 Å². The number of benzene rings is 1. The number of carbonyl (C=O) groups excluding carboxylic acids is 2. The van der Waals surface area contributed by atoms with Crippen molar-refractivity contribution in [1.29, 1.82) is 0 Å². The van der Waals surface area contributed by atoms with E-state index in [1.54, 1.807) is 12.1 Å². The molecule has 0 spiro atoms. The van der Waals surface area contributed by atoms with Gasteiger partial charge in [-0.15, -0.1) is 0 Å². The number of hydrogen-bond donors (Lipinski definition) is 2. The van der Waals surface area contributed by atoms with Gasteiger partial charge in [-0.3, -0.25) is 9.59 Å². The number of rotatable bonds is 10. The smallest absolute Gasteiger partial charge is 0.302 e. The molecule has 1 saturated carbocycles. The highest BCUT2D eigenvalue weighted by atomic mass is 16.6. The second kappa shape index (κ2) is 13.3. The van der Waals surface area contributed by atoms with Crippen molar-refractivity contribution in [2.24, 2.45) is 11.8 Å². The maximum absolute atomic E-state index is 11.9. The summed E-state index contributed by atoms with van der Waals surface area (Å²) in [6.07, 6.45) is 6.82. The van der Waals surface area contributed by atoms with Crippen molar-refractivity contribution in [2.75, 3.05) is 13.7 Å². The van der Waals surface area contributed by atoms with E-state index < -0.39 is 6.10 Å². The quantitative estimate of drug-likeness (QED) is 0.516. The number of methoxy groups -OCH3 is 1. The zero-order chi connectivity index (χ0) is 23.5. The summed E-state index contributed by atoms with van der Waals surface area (Å²) >= 11 is 0. The van der Waals surface area contributed by atoms with Crippen LogP contribution in [0.1, 0.15) is 70.8 Å². The van der Waals surface area contributed by atoms with E-state index in [9.17, 15) is 19.8 Å². The summed E-state index contributed by atoms with van der Waals surface area (Å²) in [7, 11) is 1.50. The molecule has 1 aliphatic carbocycles. The molecular formula is C25H38O7. The predicted molar refractivity (Wildman–Crippen MR) is 120 cm³/mol. The summed E-state index contributed by atoms with van der Waals surface area (Å²) in [5.74, 6) is 0.0886. The molecule has 0 aliphatic heterocycles. The predicted octanol–water partition coefficient (Wildman–Crippen LogP) is 4.17. The molecule has 4 atom stereocenters. The van der Waals surface area contributed by atoms with Crippen LogP contribution in [0.4, 0.5) is 0 Å². The van der Waals surface area contributed by atoms with Crippen LogP contribution in [0.15, 0.2) is 18.2 Å². The number of carbonyl (C=O) groups is 2. The van der Waals surface area contributed by atoms with Crippen molar-refractivity contribution in [1.82, 2.24) is 0 Å². The summed E-state index contributed by atoms with van der Waals surface area (Å²) < 4.78 is 16.5. The van der Waals surface area contributed by atoms with E-state index in [4.69, 9.17) is 14.2 Å². The Balaban J connectivity index is 2.13. The minimum absolute atomic E-state index is 0.0745. The van der Waals surface area contributed by atoms with Crippen LogP contribution in [0, 0.1) is 11.8 Å². The lowest BCUT2D eigenvalue weighted by atomic mass is 9.80. The minimum atomic E-state index is -0.408. The Bertz CT molecular complexity index is 733. The highest BCUT2D eigenvalue weighted by Gasteiger charge is 2.31. The van der Waals surface area contributed by atoms with Crippen LogP contribution in [0.25, 0.3) is 0 Å².